The lowest BCUT2D eigenvalue weighted by atomic mass is 10.1. The van der Waals surface area contributed by atoms with E-state index in [1.54, 1.807) is 0 Å². The van der Waals surface area contributed by atoms with E-state index in [0.717, 1.165) is 6.54 Å². The summed E-state index contributed by atoms with van der Waals surface area (Å²) in [6.45, 7) is 4.59. The molecule has 1 rings (SSSR count). The zero-order valence-corrected chi connectivity index (χ0v) is 9.93. The second-order valence-corrected chi connectivity index (χ2v) is 3.68. The van der Waals surface area contributed by atoms with Crippen LogP contribution in [-0.4, -0.2) is 18.0 Å². The van der Waals surface area contributed by atoms with Gasteiger partial charge in [-0.1, -0.05) is 44.8 Å². The number of hydrogen-bond acceptors (Lipinski definition) is 1. The van der Waals surface area contributed by atoms with Gasteiger partial charge in [0, 0.05) is 13.1 Å². The van der Waals surface area contributed by atoms with E-state index in [-0.39, 0.29) is 12.4 Å². The summed E-state index contributed by atoms with van der Waals surface area (Å²) in [5, 5.41) is 0. The Bertz CT molecular complexity index is 175. The Morgan fingerprint density at radius 2 is 1.86 bits per heavy atom. The third-order valence-corrected chi connectivity index (χ3v) is 2.43. The van der Waals surface area contributed by atoms with Crippen molar-refractivity contribution in [3.8, 4) is 0 Å². The van der Waals surface area contributed by atoms with Crippen molar-refractivity contribution in [1.29, 1.82) is 0 Å². The van der Waals surface area contributed by atoms with Gasteiger partial charge in [-0.15, -0.1) is 12.4 Å². The molecule has 1 aliphatic rings. The highest BCUT2D eigenvalue weighted by Gasteiger charge is 1.98. The van der Waals surface area contributed by atoms with Gasteiger partial charge in [0.1, 0.15) is 0 Å². The number of hydrogen-bond donors (Lipinski definition) is 0. The third-order valence-electron chi connectivity index (χ3n) is 2.43. The Labute approximate surface area is 94.3 Å². The van der Waals surface area contributed by atoms with E-state index in [4.69, 9.17) is 0 Å². The SMILES string of the molecule is CCCCCCCN1C=CC=CC1.Cl. The highest BCUT2D eigenvalue weighted by atomic mass is 35.5. The van der Waals surface area contributed by atoms with Gasteiger partial charge in [0.15, 0.2) is 0 Å². The Morgan fingerprint density at radius 3 is 2.50 bits per heavy atom. The number of unbranched alkanes of at least 4 members (excludes halogenated alkanes) is 4. The van der Waals surface area contributed by atoms with Gasteiger partial charge in [0.25, 0.3) is 0 Å². The molecular formula is C12H22ClN. The van der Waals surface area contributed by atoms with Crippen LogP contribution in [0.3, 0.4) is 0 Å². The van der Waals surface area contributed by atoms with E-state index < -0.39 is 0 Å². The topological polar surface area (TPSA) is 3.24 Å². The fourth-order valence-corrected chi connectivity index (χ4v) is 1.59. The first-order valence-electron chi connectivity index (χ1n) is 5.51. The van der Waals surface area contributed by atoms with Crippen molar-refractivity contribution in [2.45, 2.75) is 39.0 Å². The van der Waals surface area contributed by atoms with Crippen LogP contribution < -0.4 is 0 Å². The van der Waals surface area contributed by atoms with Crippen LogP contribution >= 0.6 is 12.4 Å². The van der Waals surface area contributed by atoms with Crippen molar-refractivity contribution in [2.75, 3.05) is 13.1 Å². The lowest BCUT2D eigenvalue weighted by molar-refractivity contribution is 0.393. The smallest absolute Gasteiger partial charge is 0.0357 e. The molecule has 1 nitrogen and oxygen atoms in total. The van der Waals surface area contributed by atoms with Gasteiger partial charge in [0.05, 0.1) is 0 Å². The maximum atomic E-state index is 2.38. The summed E-state index contributed by atoms with van der Waals surface area (Å²) >= 11 is 0. The first-order valence-corrected chi connectivity index (χ1v) is 5.51. The van der Waals surface area contributed by atoms with Crippen LogP contribution in [0.1, 0.15) is 39.0 Å². The quantitative estimate of drug-likeness (QED) is 0.610. The van der Waals surface area contributed by atoms with Crippen LogP contribution in [0, 0.1) is 0 Å². The molecule has 0 spiro atoms. The molecule has 0 aromatic heterocycles. The molecule has 0 aromatic rings. The average Bonchev–Trinajstić information content (AvgIpc) is 2.19. The van der Waals surface area contributed by atoms with Crippen LogP contribution in [0.5, 0.6) is 0 Å². The normalized spacial score (nSPS) is 14.2. The highest BCUT2D eigenvalue weighted by molar-refractivity contribution is 5.85. The number of allylic oxidation sites excluding steroid dienone is 2. The first-order chi connectivity index (χ1) is 6.43. The zero-order chi connectivity index (χ0) is 9.36. The lowest BCUT2D eigenvalue weighted by Gasteiger charge is -2.20. The van der Waals surface area contributed by atoms with Crippen molar-refractivity contribution in [3.63, 3.8) is 0 Å². The summed E-state index contributed by atoms with van der Waals surface area (Å²) in [6, 6.07) is 0. The first kappa shape index (κ1) is 13.6. The Hall–Kier alpha value is -0.430. The van der Waals surface area contributed by atoms with Crippen molar-refractivity contribution in [2.24, 2.45) is 0 Å². The molecule has 2 heteroatoms. The molecule has 0 N–H and O–H groups in total. The Kier molecular flexibility index (Phi) is 8.86. The molecule has 0 atom stereocenters. The average molecular weight is 216 g/mol. The summed E-state index contributed by atoms with van der Waals surface area (Å²) in [4.78, 5) is 2.38. The maximum Gasteiger partial charge on any atom is 0.0357 e. The number of rotatable bonds is 6. The third kappa shape index (κ3) is 6.09. The monoisotopic (exact) mass is 215 g/mol. The lowest BCUT2D eigenvalue weighted by Crippen LogP contribution is -2.19. The fraction of sp³-hybridized carbons (Fsp3) is 0.667. The van der Waals surface area contributed by atoms with Gasteiger partial charge in [-0.3, -0.25) is 0 Å². The second-order valence-electron chi connectivity index (χ2n) is 3.68. The standard InChI is InChI=1S/C12H21N.ClH/c1-2-3-4-5-7-10-13-11-8-6-9-12-13;/h6,8-9,11H,2-5,7,10,12H2,1H3;1H. The summed E-state index contributed by atoms with van der Waals surface area (Å²) in [6.07, 6.45) is 15.5. The zero-order valence-electron chi connectivity index (χ0n) is 9.11. The second kappa shape index (κ2) is 9.14. The van der Waals surface area contributed by atoms with Gasteiger partial charge >= 0.3 is 0 Å². The molecule has 0 aromatic carbocycles. The molecule has 0 unspecified atom stereocenters. The predicted molar refractivity (Wildman–Crippen MR) is 65.9 cm³/mol. The molecule has 1 aliphatic heterocycles. The minimum atomic E-state index is 0. The summed E-state index contributed by atoms with van der Waals surface area (Å²) < 4.78 is 0. The summed E-state index contributed by atoms with van der Waals surface area (Å²) in [5.41, 5.74) is 0. The molecule has 1 heterocycles. The van der Waals surface area contributed by atoms with Crippen LogP contribution in [0.4, 0.5) is 0 Å². The molecule has 0 amide bonds. The molecule has 82 valence electrons. The van der Waals surface area contributed by atoms with E-state index in [2.05, 4.69) is 36.3 Å². The van der Waals surface area contributed by atoms with Crippen LogP contribution in [0.2, 0.25) is 0 Å². The molecule has 0 saturated heterocycles. The van der Waals surface area contributed by atoms with Gasteiger partial charge in [-0.25, -0.2) is 0 Å². The Balaban J connectivity index is 0.00000169. The molecule has 0 radical (unpaired) electrons. The van der Waals surface area contributed by atoms with Crippen LogP contribution in [0.15, 0.2) is 24.4 Å². The van der Waals surface area contributed by atoms with Crippen molar-refractivity contribution in [1.82, 2.24) is 4.90 Å². The molecule has 0 fully saturated rings. The number of nitrogens with zero attached hydrogens (tertiary/aromatic N) is 1. The van der Waals surface area contributed by atoms with Crippen LogP contribution in [-0.2, 0) is 0 Å². The Morgan fingerprint density at radius 1 is 1.07 bits per heavy atom. The van der Waals surface area contributed by atoms with E-state index in [1.807, 2.05) is 0 Å². The summed E-state index contributed by atoms with van der Waals surface area (Å²) in [7, 11) is 0. The van der Waals surface area contributed by atoms with Crippen LogP contribution in [0.25, 0.3) is 0 Å². The maximum absolute atomic E-state index is 2.38. The predicted octanol–water partition coefficient (Wildman–Crippen LogP) is 3.76. The van der Waals surface area contributed by atoms with Gasteiger partial charge < -0.3 is 4.90 Å². The van der Waals surface area contributed by atoms with E-state index >= 15 is 0 Å². The molecule has 0 aliphatic carbocycles. The van der Waals surface area contributed by atoms with E-state index in [9.17, 15) is 0 Å². The van der Waals surface area contributed by atoms with E-state index in [0.29, 0.717) is 0 Å². The number of halogens is 1. The molecule has 14 heavy (non-hydrogen) atoms. The van der Waals surface area contributed by atoms with Crippen molar-refractivity contribution < 1.29 is 0 Å². The van der Waals surface area contributed by atoms with E-state index in [1.165, 1.54) is 38.6 Å². The molecule has 0 bridgehead atoms. The van der Waals surface area contributed by atoms with Crippen molar-refractivity contribution in [3.05, 3.63) is 24.4 Å². The minimum absolute atomic E-state index is 0. The fourth-order valence-electron chi connectivity index (χ4n) is 1.59. The summed E-state index contributed by atoms with van der Waals surface area (Å²) in [5.74, 6) is 0. The van der Waals surface area contributed by atoms with Gasteiger partial charge in [0.2, 0.25) is 0 Å². The van der Waals surface area contributed by atoms with Gasteiger partial charge in [-0.2, -0.15) is 0 Å². The largest absolute Gasteiger partial charge is 0.374 e. The minimum Gasteiger partial charge on any atom is -0.374 e. The highest BCUT2D eigenvalue weighted by Crippen LogP contribution is 2.05. The molecular weight excluding hydrogens is 194 g/mol. The molecule has 0 saturated carbocycles. The van der Waals surface area contributed by atoms with Gasteiger partial charge in [-0.05, 0) is 18.7 Å². The van der Waals surface area contributed by atoms with Crippen molar-refractivity contribution >= 4 is 12.4 Å².